The molecular formula is C12H12BrNO3. The number of hydrogen-bond donors (Lipinski definition) is 0. The lowest BCUT2D eigenvalue weighted by molar-refractivity contribution is 0.0603. The number of aromatic nitrogens is 1. The maximum Gasteiger partial charge on any atom is 0.340 e. The minimum atomic E-state index is -0.351. The number of benzene rings is 1. The predicted octanol–water partition coefficient (Wildman–Crippen LogP) is 2.74. The number of methoxy groups -OCH3 is 2. The first-order valence-electron chi connectivity index (χ1n) is 4.99. The van der Waals surface area contributed by atoms with E-state index in [1.54, 1.807) is 13.3 Å². The third kappa shape index (κ3) is 1.91. The number of aryl methyl sites for hydroxylation is 1. The van der Waals surface area contributed by atoms with E-state index in [1.807, 2.05) is 23.7 Å². The van der Waals surface area contributed by atoms with Crippen molar-refractivity contribution in [3.63, 3.8) is 0 Å². The molecular weight excluding hydrogens is 286 g/mol. The summed E-state index contributed by atoms with van der Waals surface area (Å²) in [6.07, 6.45) is 1.75. The first kappa shape index (κ1) is 12.0. The molecule has 0 aliphatic carbocycles. The Labute approximate surface area is 107 Å². The van der Waals surface area contributed by atoms with Crippen LogP contribution in [0.25, 0.3) is 10.9 Å². The van der Waals surface area contributed by atoms with Crippen molar-refractivity contribution < 1.29 is 14.3 Å². The van der Waals surface area contributed by atoms with E-state index in [-0.39, 0.29) is 5.97 Å². The van der Waals surface area contributed by atoms with Gasteiger partial charge in [0.05, 0.1) is 25.3 Å². The number of carbonyl (C=O) groups is 1. The summed E-state index contributed by atoms with van der Waals surface area (Å²) in [5.74, 6) is 0.344. The van der Waals surface area contributed by atoms with Crippen LogP contribution in [0, 0.1) is 0 Å². The molecule has 90 valence electrons. The largest absolute Gasteiger partial charge is 0.497 e. The number of fused-ring (bicyclic) bond motifs is 1. The number of esters is 1. The fourth-order valence-corrected chi connectivity index (χ4v) is 2.58. The highest BCUT2D eigenvalue weighted by atomic mass is 79.9. The summed E-state index contributed by atoms with van der Waals surface area (Å²) in [5.41, 5.74) is 1.47. The lowest BCUT2D eigenvalue weighted by Gasteiger charge is -2.04. The van der Waals surface area contributed by atoms with Gasteiger partial charge in [0.2, 0.25) is 0 Å². The van der Waals surface area contributed by atoms with Gasteiger partial charge in [0, 0.05) is 23.1 Å². The van der Waals surface area contributed by atoms with Crippen LogP contribution in [0.4, 0.5) is 0 Å². The van der Waals surface area contributed by atoms with Gasteiger partial charge in [0.25, 0.3) is 0 Å². The van der Waals surface area contributed by atoms with E-state index >= 15 is 0 Å². The lowest BCUT2D eigenvalue weighted by Crippen LogP contribution is -1.99. The van der Waals surface area contributed by atoms with Crippen molar-refractivity contribution in [2.45, 2.75) is 0 Å². The second kappa shape index (κ2) is 4.41. The van der Waals surface area contributed by atoms with Gasteiger partial charge in [-0.05, 0) is 28.1 Å². The van der Waals surface area contributed by atoms with Crippen LogP contribution in [0.1, 0.15) is 10.4 Å². The quantitative estimate of drug-likeness (QED) is 0.800. The van der Waals surface area contributed by atoms with Gasteiger partial charge < -0.3 is 14.0 Å². The summed E-state index contributed by atoms with van der Waals surface area (Å²) < 4.78 is 12.7. The molecule has 0 fully saturated rings. The van der Waals surface area contributed by atoms with Gasteiger partial charge in [-0.15, -0.1) is 0 Å². The van der Waals surface area contributed by atoms with Crippen LogP contribution in [0.5, 0.6) is 5.75 Å². The van der Waals surface area contributed by atoms with Gasteiger partial charge in [-0.25, -0.2) is 4.79 Å². The molecule has 0 saturated heterocycles. The molecule has 0 aliphatic rings. The second-order valence-electron chi connectivity index (χ2n) is 3.65. The van der Waals surface area contributed by atoms with Crippen molar-refractivity contribution in [3.05, 3.63) is 28.4 Å². The average molecular weight is 298 g/mol. The van der Waals surface area contributed by atoms with Gasteiger partial charge in [0.15, 0.2) is 0 Å². The molecule has 0 radical (unpaired) electrons. The molecule has 17 heavy (non-hydrogen) atoms. The number of rotatable bonds is 2. The Morgan fingerprint density at radius 2 is 2.06 bits per heavy atom. The van der Waals surface area contributed by atoms with Crippen LogP contribution in [-0.2, 0) is 11.8 Å². The summed E-state index contributed by atoms with van der Waals surface area (Å²) >= 11 is 3.47. The standard InChI is InChI=1S/C12H12BrNO3/c1-14-6-9(12(15)17-3)8-4-7(16-2)5-10(13)11(8)14/h4-6H,1-3H3. The maximum atomic E-state index is 11.7. The summed E-state index contributed by atoms with van der Waals surface area (Å²) in [4.78, 5) is 11.7. The van der Waals surface area contributed by atoms with Gasteiger partial charge in [-0.2, -0.15) is 0 Å². The van der Waals surface area contributed by atoms with E-state index in [4.69, 9.17) is 9.47 Å². The zero-order valence-corrected chi connectivity index (χ0v) is 11.4. The second-order valence-corrected chi connectivity index (χ2v) is 4.50. The number of hydrogen-bond acceptors (Lipinski definition) is 3. The molecule has 1 aromatic carbocycles. The Morgan fingerprint density at radius 1 is 1.35 bits per heavy atom. The molecule has 5 heteroatoms. The van der Waals surface area contributed by atoms with Crippen LogP contribution >= 0.6 is 15.9 Å². The number of carbonyl (C=O) groups excluding carboxylic acids is 1. The fraction of sp³-hybridized carbons (Fsp3) is 0.250. The van der Waals surface area contributed by atoms with E-state index in [0.29, 0.717) is 11.3 Å². The van der Waals surface area contributed by atoms with Crippen molar-refractivity contribution in [1.29, 1.82) is 0 Å². The highest BCUT2D eigenvalue weighted by Crippen LogP contribution is 2.32. The maximum absolute atomic E-state index is 11.7. The number of halogens is 1. The highest BCUT2D eigenvalue weighted by molar-refractivity contribution is 9.10. The van der Waals surface area contributed by atoms with Crippen LogP contribution in [-0.4, -0.2) is 24.8 Å². The smallest absolute Gasteiger partial charge is 0.340 e. The minimum Gasteiger partial charge on any atom is -0.497 e. The molecule has 1 heterocycles. The summed E-state index contributed by atoms with van der Waals surface area (Å²) in [6.45, 7) is 0. The van der Waals surface area contributed by atoms with Crippen LogP contribution < -0.4 is 4.74 Å². The summed E-state index contributed by atoms with van der Waals surface area (Å²) in [7, 11) is 4.84. The Bertz CT molecular complexity index is 589. The van der Waals surface area contributed by atoms with E-state index in [2.05, 4.69) is 15.9 Å². The van der Waals surface area contributed by atoms with Gasteiger partial charge in [-0.3, -0.25) is 0 Å². The topological polar surface area (TPSA) is 40.5 Å². The van der Waals surface area contributed by atoms with Gasteiger partial charge >= 0.3 is 5.97 Å². The van der Waals surface area contributed by atoms with Gasteiger partial charge in [0.1, 0.15) is 5.75 Å². The molecule has 0 N–H and O–H groups in total. The predicted molar refractivity (Wildman–Crippen MR) is 68.5 cm³/mol. The Hall–Kier alpha value is -1.49. The zero-order chi connectivity index (χ0) is 12.6. The summed E-state index contributed by atoms with van der Waals surface area (Å²) in [5, 5.41) is 0.811. The molecule has 0 spiro atoms. The Morgan fingerprint density at radius 3 is 2.65 bits per heavy atom. The highest BCUT2D eigenvalue weighted by Gasteiger charge is 2.17. The van der Waals surface area contributed by atoms with Crippen molar-refractivity contribution in [3.8, 4) is 5.75 Å². The van der Waals surface area contributed by atoms with E-state index in [9.17, 15) is 4.79 Å². The normalized spacial score (nSPS) is 10.6. The Balaban J connectivity index is 2.79. The monoisotopic (exact) mass is 297 g/mol. The molecule has 4 nitrogen and oxygen atoms in total. The van der Waals surface area contributed by atoms with E-state index in [0.717, 1.165) is 15.4 Å². The SMILES string of the molecule is COC(=O)c1cn(C)c2c(Br)cc(OC)cc12. The lowest BCUT2D eigenvalue weighted by atomic mass is 10.1. The molecule has 0 bridgehead atoms. The molecule has 0 aliphatic heterocycles. The molecule has 0 saturated carbocycles. The van der Waals surface area contributed by atoms with Crippen LogP contribution in [0.15, 0.2) is 22.8 Å². The minimum absolute atomic E-state index is 0.351. The molecule has 0 unspecified atom stereocenters. The summed E-state index contributed by atoms with van der Waals surface area (Å²) in [6, 6.07) is 3.69. The molecule has 0 amide bonds. The van der Waals surface area contributed by atoms with Crippen molar-refractivity contribution in [2.24, 2.45) is 7.05 Å². The molecule has 0 atom stereocenters. The molecule has 2 rings (SSSR count). The van der Waals surface area contributed by atoms with Crippen LogP contribution in [0.2, 0.25) is 0 Å². The van der Waals surface area contributed by atoms with Gasteiger partial charge in [-0.1, -0.05) is 0 Å². The third-order valence-corrected chi connectivity index (χ3v) is 3.25. The van der Waals surface area contributed by atoms with Crippen molar-refractivity contribution in [2.75, 3.05) is 14.2 Å². The van der Waals surface area contributed by atoms with Crippen molar-refractivity contribution in [1.82, 2.24) is 4.57 Å². The zero-order valence-electron chi connectivity index (χ0n) is 9.78. The van der Waals surface area contributed by atoms with Crippen molar-refractivity contribution >= 4 is 32.8 Å². The molecule has 2 aromatic rings. The first-order chi connectivity index (χ1) is 8.08. The van der Waals surface area contributed by atoms with E-state index in [1.165, 1.54) is 7.11 Å². The first-order valence-corrected chi connectivity index (χ1v) is 5.78. The fourth-order valence-electron chi connectivity index (χ4n) is 1.86. The van der Waals surface area contributed by atoms with Crippen LogP contribution in [0.3, 0.4) is 0 Å². The number of ether oxygens (including phenoxy) is 2. The third-order valence-electron chi connectivity index (χ3n) is 2.64. The number of nitrogens with zero attached hydrogens (tertiary/aromatic N) is 1. The Kier molecular flexibility index (Phi) is 3.11. The van der Waals surface area contributed by atoms with E-state index < -0.39 is 0 Å². The molecule has 1 aromatic heterocycles. The average Bonchev–Trinajstić information content (AvgIpc) is 2.66.